The van der Waals surface area contributed by atoms with Crippen molar-refractivity contribution in [3.63, 3.8) is 0 Å². The summed E-state index contributed by atoms with van der Waals surface area (Å²) in [6.07, 6.45) is 5.57. The van der Waals surface area contributed by atoms with Gasteiger partial charge in [0.2, 0.25) is 0 Å². The molecule has 5 nitrogen and oxygen atoms in total. The van der Waals surface area contributed by atoms with E-state index in [0.717, 1.165) is 16.6 Å². The highest BCUT2D eigenvalue weighted by atomic mass is 16.4. The molecule has 0 radical (unpaired) electrons. The van der Waals surface area contributed by atoms with Crippen molar-refractivity contribution >= 4 is 22.6 Å². The zero-order valence-electron chi connectivity index (χ0n) is 11.0. The van der Waals surface area contributed by atoms with Crippen molar-refractivity contribution in [2.75, 3.05) is 5.32 Å². The van der Waals surface area contributed by atoms with Crippen LogP contribution in [0.3, 0.4) is 0 Å². The topological polar surface area (TPSA) is 75.1 Å². The number of nitrogens with zero attached hydrogens (tertiary/aromatic N) is 2. The first-order chi connectivity index (χ1) is 9.08. The maximum absolute atomic E-state index is 11.3. The molecule has 2 rings (SSSR count). The number of hydrogen-bond donors (Lipinski definition) is 2. The molecule has 0 saturated carbocycles. The fourth-order valence-electron chi connectivity index (χ4n) is 2.01. The molecule has 2 aromatic heterocycles. The van der Waals surface area contributed by atoms with Crippen LogP contribution in [0, 0.1) is 5.92 Å². The largest absolute Gasteiger partial charge is 0.480 e. The van der Waals surface area contributed by atoms with Gasteiger partial charge in [-0.2, -0.15) is 0 Å². The monoisotopic (exact) mass is 259 g/mol. The molecule has 2 heterocycles. The Morgan fingerprint density at radius 1 is 1.37 bits per heavy atom. The van der Waals surface area contributed by atoms with Crippen molar-refractivity contribution in [2.24, 2.45) is 5.92 Å². The number of hydrogen-bond acceptors (Lipinski definition) is 4. The molecule has 5 heteroatoms. The third-order valence-corrected chi connectivity index (χ3v) is 2.88. The summed E-state index contributed by atoms with van der Waals surface area (Å²) in [5.74, 6) is -0.531. The van der Waals surface area contributed by atoms with E-state index < -0.39 is 12.0 Å². The highest BCUT2D eigenvalue weighted by molar-refractivity contribution is 5.92. The second-order valence-electron chi connectivity index (χ2n) is 4.92. The lowest BCUT2D eigenvalue weighted by molar-refractivity contribution is -0.138. The van der Waals surface area contributed by atoms with Crippen molar-refractivity contribution in [1.82, 2.24) is 9.97 Å². The van der Waals surface area contributed by atoms with E-state index in [-0.39, 0.29) is 0 Å². The molecule has 0 aliphatic heterocycles. The fourth-order valence-corrected chi connectivity index (χ4v) is 2.01. The van der Waals surface area contributed by atoms with Gasteiger partial charge in [-0.25, -0.2) is 4.79 Å². The third-order valence-electron chi connectivity index (χ3n) is 2.88. The molecule has 100 valence electrons. The molecule has 0 saturated heterocycles. The zero-order valence-corrected chi connectivity index (χ0v) is 11.0. The Hall–Kier alpha value is -2.17. The number of aliphatic carboxylic acids is 1. The predicted molar refractivity (Wildman–Crippen MR) is 74.0 cm³/mol. The smallest absolute Gasteiger partial charge is 0.326 e. The van der Waals surface area contributed by atoms with Crippen molar-refractivity contribution < 1.29 is 9.90 Å². The minimum absolute atomic E-state index is 0.309. The molecule has 0 fully saturated rings. The number of carbonyl (C=O) groups is 1. The molecule has 0 unspecified atom stereocenters. The predicted octanol–water partition coefficient (Wildman–Crippen LogP) is 2.54. The lowest BCUT2D eigenvalue weighted by Crippen LogP contribution is -2.30. The Morgan fingerprint density at radius 2 is 2.16 bits per heavy atom. The highest BCUT2D eigenvalue weighted by Gasteiger charge is 2.19. The standard InChI is InChI=1S/C14H17N3O2/c1-9(2)7-12(14(18)19)17-11-4-6-16-13-8-15-5-3-10(11)13/h3-6,8-9,12H,7H2,1-2H3,(H,16,17)(H,18,19)/t12-/m1/s1. The molecule has 19 heavy (non-hydrogen) atoms. The highest BCUT2D eigenvalue weighted by Crippen LogP contribution is 2.22. The van der Waals surface area contributed by atoms with Gasteiger partial charge in [-0.05, 0) is 24.5 Å². The second kappa shape index (κ2) is 5.65. The van der Waals surface area contributed by atoms with E-state index in [9.17, 15) is 9.90 Å². The lowest BCUT2D eigenvalue weighted by atomic mass is 10.0. The minimum Gasteiger partial charge on any atom is -0.480 e. The first-order valence-electron chi connectivity index (χ1n) is 6.26. The lowest BCUT2D eigenvalue weighted by Gasteiger charge is -2.18. The molecule has 0 spiro atoms. The summed E-state index contributed by atoms with van der Waals surface area (Å²) in [6, 6.07) is 3.02. The van der Waals surface area contributed by atoms with Crippen LogP contribution >= 0.6 is 0 Å². The number of carboxylic acids is 1. The van der Waals surface area contributed by atoms with Gasteiger partial charge in [-0.1, -0.05) is 13.8 Å². The molecule has 0 bridgehead atoms. The van der Waals surface area contributed by atoms with Crippen LogP contribution < -0.4 is 5.32 Å². The van der Waals surface area contributed by atoms with Crippen LogP contribution in [0.2, 0.25) is 0 Å². The molecule has 1 atom stereocenters. The van der Waals surface area contributed by atoms with Gasteiger partial charge in [0.25, 0.3) is 0 Å². The van der Waals surface area contributed by atoms with E-state index in [1.54, 1.807) is 24.7 Å². The minimum atomic E-state index is -0.840. The van der Waals surface area contributed by atoms with E-state index in [2.05, 4.69) is 15.3 Å². The van der Waals surface area contributed by atoms with Gasteiger partial charge in [0.15, 0.2) is 0 Å². The molecule has 2 aromatic rings. The third kappa shape index (κ3) is 3.19. The molecule has 0 aliphatic rings. The average Bonchev–Trinajstić information content (AvgIpc) is 2.37. The summed E-state index contributed by atoms with van der Waals surface area (Å²) in [7, 11) is 0. The van der Waals surface area contributed by atoms with Crippen molar-refractivity contribution in [2.45, 2.75) is 26.3 Å². The Morgan fingerprint density at radius 3 is 2.84 bits per heavy atom. The summed E-state index contributed by atoms with van der Waals surface area (Å²) in [5, 5.41) is 13.2. The normalized spacial score (nSPS) is 12.6. The Balaban J connectivity index is 2.31. The van der Waals surface area contributed by atoms with Crippen molar-refractivity contribution in [3.05, 3.63) is 30.7 Å². The van der Waals surface area contributed by atoms with E-state index in [0.29, 0.717) is 12.3 Å². The second-order valence-corrected chi connectivity index (χ2v) is 4.92. The summed E-state index contributed by atoms with van der Waals surface area (Å²) < 4.78 is 0. The van der Waals surface area contributed by atoms with Crippen molar-refractivity contribution in [3.8, 4) is 0 Å². The summed E-state index contributed by atoms with van der Waals surface area (Å²) in [5.41, 5.74) is 1.53. The van der Waals surface area contributed by atoms with E-state index >= 15 is 0 Å². The van der Waals surface area contributed by atoms with Crippen LogP contribution in [-0.4, -0.2) is 27.1 Å². The van der Waals surface area contributed by atoms with Crippen LogP contribution in [0.25, 0.3) is 10.9 Å². The molecule has 0 amide bonds. The van der Waals surface area contributed by atoms with Crippen LogP contribution in [0.1, 0.15) is 20.3 Å². The quantitative estimate of drug-likeness (QED) is 0.863. The maximum Gasteiger partial charge on any atom is 0.326 e. The number of rotatable bonds is 5. The molecular formula is C14H17N3O2. The summed E-state index contributed by atoms with van der Waals surface area (Å²) >= 11 is 0. The molecule has 0 aliphatic carbocycles. The maximum atomic E-state index is 11.3. The van der Waals surface area contributed by atoms with Gasteiger partial charge in [-0.15, -0.1) is 0 Å². The Kier molecular flexibility index (Phi) is 3.94. The average molecular weight is 259 g/mol. The van der Waals surface area contributed by atoms with Gasteiger partial charge in [0.05, 0.1) is 11.7 Å². The first kappa shape index (κ1) is 13.3. The molecule has 0 aromatic carbocycles. The number of anilines is 1. The van der Waals surface area contributed by atoms with Crippen molar-refractivity contribution in [1.29, 1.82) is 0 Å². The first-order valence-corrected chi connectivity index (χ1v) is 6.26. The molecule has 2 N–H and O–H groups in total. The van der Waals surface area contributed by atoms with Gasteiger partial charge in [0, 0.05) is 23.5 Å². The van der Waals surface area contributed by atoms with Crippen LogP contribution in [0.5, 0.6) is 0 Å². The van der Waals surface area contributed by atoms with Gasteiger partial charge in [0.1, 0.15) is 6.04 Å². The van der Waals surface area contributed by atoms with E-state index in [1.807, 2.05) is 19.9 Å². The van der Waals surface area contributed by atoms with E-state index in [4.69, 9.17) is 0 Å². The van der Waals surface area contributed by atoms with E-state index in [1.165, 1.54) is 0 Å². The van der Waals surface area contributed by atoms with Gasteiger partial charge in [-0.3, -0.25) is 9.97 Å². The van der Waals surface area contributed by atoms with Gasteiger partial charge < -0.3 is 10.4 Å². The molecular weight excluding hydrogens is 242 g/mol. The number of fused-ring (bicyclic) bond motifs is 1. The number of nitrogens with one attached hydrogen (secondary N) is 1. The Labute approximate surface area is 111 Å². The summed E-state index contributed by atoms with van der Waals surface area (Å²) in [6.45, 7) is 4.01. The van der Waals surface area contributed by atoms with Crippen LogP contribution in [0.4, 0.5) is 5.69 Å². The zero-order chi connectivity index (χ0) is 13.8. The number of aromatic nitrogens is 2. The fraction of sp³-hybridized carbons (Fsp3) is 0.357. The SMILES string of the molecule is CC(C)C[C@@H](Nc1ccnc2cnccc12)C(=O)O. The number of pyridine rings is 2. The van der Waals surface area contributed by atoms with Crippen LogP contribution in [-0.2, 0) is 4.79 Å². The van der Waals surface area contributed by atoms with Crippen LogP contribution in [0.15, 0.2) is 30.7 Å². The Bertz CT molecular complexity index is 578. The number of carboxylic acid groups (broad SMARTS) is 1. The van der Waals surface area contributed by atoms with Gasteiger partial charge >= 0.3 is 5.97 Å². The summed E-state index contributed by atoms with van der Waals surface area (Å²) in [4.78, 5) is 19.5.